The number of thioether (sulfide) groups is 1. The molecule has 0 aliphatic carbocycles. The number of carbonyl (C=O) groups is 1. The van der Waals surface area contributed by atoms with E-state index in [1.807, 2.05) is 48.5 Å². The van der Waals surface area contributed by atoms with Crippen molar-refractivity contribution in [2.75, 3.05) is 12.9 Å². The summed E-state index contributed by atoms with van der Waals surface area (Å²) in [5, 5.41) is 4.90. The van der Waals surface area contributed by atoms with Crippen molar-refractivity contribution >= 4 is 23.9 Å². The highest BCUT2D eigenvalue weighted by atomic mass is 32.2. The summed E-state index contributed by atoms with van der Waals surface area (Å²) in [4.78, 5) is 16.1. The molecule has 3 rings (SSSR count). The van der Waals surface area contributed by atoms with Crippen LogP contribution < -0.4 is 14.9 Å². The van der Waals surface area contributed by atoms with Crippen LogP contribution in [0.2, 0.25) is 0 Å². The second-order valence-electron chi connectivity index (χ2n) is 6.18. The van der Waals surface area contributed by atoms with Crippen molar-refractivity contribution in [3.63, 3.8) is 0 Å². The standard InChI is InChI=1S/C22H23N3O4S/c1-27-17-7-9-18(10-8-17)28-16-20-12-11-19(29-20)15-24-25-21(26)5-4-14-30-22-6-2-3-13-23-22/h2-3,6-13,15H,4-5,14,16H2,1H3,(H,25,26)/b24-15-. The molecule has 2 aromatic heterocycles. The van der Waals surface area contributed by atoms with Gasteiger partial charge in [-0.15, -0.1) is 11.8 Å². The first kappa shape index (κ1) is 21.4. The molecule has 8 heteroatoms. The van der Waals surface area contributed by atoms with E-state index < -0.39 is 0 Å². The van der Waals surface area contributed by atoms with Crippen molar-refractivity contribution in [1.29, 1.82) is 0 Å². The van der Waals surface area contributed by atoms with E-state index in [4.69, 9.17) is 13.9 Å². The largest absolute Gasteiger partial charge is 0.497 e. The number of aromatic nitrogens is 1. The second-order valence-corrected chi connectivity index (χ2v) is 7.30. The van der Waals surface area contributed by atoms with Gasteiger partial charge in [0.25, 0.3) is 0 Å². The van der Waals surface area contributed by atoms with Crippen LogP contribution in [0.5, 0.6) is 11.5 Å². The average molecular weight is 426 g/mol. The van der Waals surface area contributed by atoms with Crippen LogP contribution in [-0.4, -0.2) is 30.0 Å². The molecule has 0 saturated carbocycles. The first-order valence-electron chi connectivity index (χ1n) is 9.44. The van der Waals surface area contributed by atoms with Gasteiger partial charge in [-0.2, -0.15) is 5.10 Å². The summed E-state index contributed by atoms with van der Waals surface area (Å²) in [5.41, 5.74) is 2.51. The summed E-state index contributed by atoms with van der Waals surface area (Å²) in [7, 11) is 1.62. The molecule has 1 N–H and O–H groups in total. The number of carbonyl (C=O) groups excluding carboxylic acids is 1. The average Bonchev–Trinajstić information content (AvgIpc) is 3.24. The van der Waals surface area contributed by atoms with Gasteiger partial charge in [0, 0.05) is 12.6 Å². The minimum Gasteiger partial charge on any atom is -0.497 e. The number of methoxy groups -OCH3 is 1. The molecule has 0 atom stereocenters. The number of nitrogens with zero attached hydrogens (tertiary/aromatic N) is 2. The molecule has 2 heterocycles. The molecule has 0 saturated heterocycles. The number of pyridine rings is 1. The lowest BCUT2D eigenvalue weighted by atomic mass is 10.3. The molecule has 1 amide bonds. The van der Waals surface area contributed by atoms with Crippen LogP contribution in [0.25, 0.3) is 0 Å². The van der Waals surface area contributed by atoms with E-state index in [0.29, 0.717) is 24.5 Å². The number of rotatable bonds is 11. The molecule has 0 aliphatic rings. The monoisotopic (exact) mass is 425 g/mol. The zero-order chi connectivity index (χ0) is 21.0. The SMILES string of the molecule is COc1ccc(OCc2ccc(/C=N\NC(=O)CCCSc3ccccn3)o2)cc1. The van der Waals surface area contributed by atoms with Gasteiger partial charge in [-0.3, -0.25) is 4.79 Å². The maximum absolute atomic E-state index is 11.8. The van der Waals surface area contributed by atoms with Crippen molar-refractivity contribution < 1.29 is 18.7 Å². The minimum atomic E-state index is -0.137. The van der Waals surface area contributed by atoms with Crippen molar-refractivity contribution in [1.82, 2.24) is 10.4 Å². The molecule has 30 heavy (non-hydrogen) atoms. The van der Waals surface area contributed by atoms with E-state index in [1.165, 1.54) is 6.21 Å². The van der Waals surface area contributed by atoms with Gasteiger partial charge in [0.05, 0.1) is 18.4 Å². The Morgan fingerprint density at radius 3 is 2.77 bits per heavy atom. The Balaban J connectivity index is 1.33. The van der Waals surface area contributed by atoms with Crippen LogP contribution in [0.15, 0.2) is 75.3 Å². The highest BCUT2D eigenvalue weighted by molar-refractivity contribution is 7.99. The fraction of sp³-hybridized carbons (Fsp3) is 0.227. The van der Waals surface area contributed by atoms with Crippen molar-refractivity contribution in [2.24, 2.45) is 5.10 Å². The van der Waals surface area contributed by atoms with E-state index in [2.05, 4.69) is 15.5 Å². The van der Waals surface area contributed by atoms with Gasteiger partial charge in [0.15, 0.2) is 0 Å². The Morgan fingerprint density at radius 2 is 2.00 bits per heavy atom. The second kappa shape index (κ2) is 11.7. The van der Waals surface area contributed by atoms with Crippen molar-refractivity contribution in [2.45, 2.75) is 24.5 Å². The Labute approximate surface area is 179 Å². The Kier molecular flexibility index (Phi) is 8.34. The molecule has 0 unspecified atom stereocenters. The topological polar surface area (TPSA) is 86.0 Å². The van der Waals surface area contributed by atoms with E-state index in [1.54, 1.807) is 31.1 Å². The predicted octanol–water partition coefficient (Wildman–Crippen LogP) is 4.28. The fourth-order valence-electron chi connectivity index (χ4n) is 2.43. The van der Waals surface area contributed by atoms with Gasteiger partial charge in [-0.05, 0) is 60.7 Å². The summed E-state index contributed by atoms with van der Waals surface area (Å²) in [6, 6.07) is 16.7. The number of furan rings is 1. The normalized spacial score (nSPS) is 10.8. The molecular formula is C22H23N3O4S. The molecule has 0 aliphatic heterocycles. The number of ether oxygens (including phenoxy) is 2. The van der Waals surface area contributed by atoms with Gasteiger partial charge in [-0.25, -0.2) is 10.4 Å². The number of hydrogen-bond donors (Lipinski definition) is 1. The summed E-state index contributed by atoms with van der Waals surface area (Å²) in [6.07, 6.45) is 4.37. The maximum Gasteiger partial charge on any atom is 0.240 e. The Morgan fingerprint density at radius 1 is 1.17 bits per heavy atom. The van der Waals surface area contributed by atoms with Crippen LogP contribution in [0.1, 0.15) is 24.4 Å². The van der Waals surface area contributed by atoms with Crippen LogP contribution >= 0.6 is 11.8 Å². The van der Waals surface area contributed by atoms with E-state index in [-0.39, 0.29) is 5.91 Å². The minimum absolute atomic E-state index is 0.137. The van der Waals surface area contributed by atoms with Crippen LogP contribution in [0.4, 0.5) is 0 Å². The molecule has 0 spiro atoms. The van der Waals surface area contributed by atoms with Crippen LogP contribution in [-0.2, 0) is 11.4 Å². The molecule has 1 aromatic carbocycles. The Bertz CT molecular complexity index is 943. The molecule has 3 aromatic rings. The van der Waals surface area contributed by atoms with Gasteiger partial charge >= 0.3 is 0 Å². The van der Waals surface area contributed by atoms with Gasteiger partial charge in [0.2, 0.25) is 5.91 Å². The maximum atomic E-state index is 11.8. The smallest absolute Gasteiger partial charge is 0.240 e. The van der Waals surface area contributed by atoms with Crippen LogP contribution in [0, 0.1) is 0 Å². The lowest BCUT2D eigenvalue weighted by molar-refractivity contribution is -0.121. The van der Waals surface area contributed by atoms with E-state index in [0.717, 1.165) is 28.7 Å². The number of benzene rings is 1. The third kappa shape index (κ3) is 7.29. The lowest BCUT2D eigenvalue weighted by Crippen LogP contribution is -2.17. The van der Waals surface area contributed by atoms with E-state index in [9.17, 15) is 4.79 Å². The zero-order valence-electron chi connectivity index (χ0n) is 16.6. The number of hydrazone groups is 1. The number of nitrogens with one attached hydrogen (secondary N) is 1. The van der Waals surface area contributed by atoms with Crippen LogP contribution in [0.3, 0.4) is 0 Å². The zero-order valence-corrected chi connectivity index (χ0v) is 17.4. The fourth-order valence-corrected chi connectivity index (χ4v) is 3.24. The molecule has 156 valence electrons. The van der Waals surface area contributed by atoms with Gasteiger partial charge in [0.1, 0.15) is 29.6 Å². The lowest BCUT2D eigenvalue weighted by Gasteiger charge is -2.05. The summed E-state index contributed by atoms with van der Waals surface area (Å²) in [5.74, 6) is 3.37. The first-order chi connectivity index (χ1) is 14.7. The molecule has 0 bridgehead atoms. The third-order valence-electron chi connectivity index (χ3n) is 3.94. The highest BCUT2D eigenvalue weighted by Gasteiger charge is 2.04. The molecule has 0 fully saturated rings. The predicted molar refractivity (Wildman–Crippen MR) is 116 cm³/mol. The third-order valence-corrected chi connectivity index (χ3v) is 4.97. The van der Waals surface area contributed by atoms with E-state index >= 15 is 0 Å². The number of hydrogen-bond acceptors (Lipinski definition) is 7. The Hall–Kier alpha value is -3.26. The first-order valence-corrected chi connectivity index (χ1v) is 10.4. The highest BCUT2D eigenvalue weighted by Crippen LogP contribution is 2.19. The summed E-state index contributed by atoms with van der Waals surface area (Å²) in [6.45, 7) is 0.292. The summed E-state index contributed by atoms with van der Waals surface area (Å²) >= 11 is 1.63. The molecule has 7 nitrogen and oxygen atoms in total. The molecular weight excluding hydrogens is 402 g/mol. The quantitative estimate of drug-likeness (QED) is 0.214. The van der Waals surface area contributed by atoms with Gasteiger partial charge < -0.3 is 13.9 Å². The van der Waals surface area contributed by atoms with Crippen molar-refractivity contribution in [3.05, 3.63) is 72.3 Å². The van der Waals surface area contributed by atoms with Gasteiger partial charge in [-0.1, -0.05) is 6.07 Å². The van der Waals surface area contributed by atoms with Crippen molar-refractivity contribution in [3.8, 4) is 11.5 Å². The number of amides is 1. The summed E-state index contributed by atoms with van der Waals surface area (Å²) < 4.78 is 16.4. The molecule has 0 radical (unpaired) electrons.